The van der Waals surface area contributed by atoms with Crippen molar-refractivity contribution in [3.63, 3.8) is 0 Å². The number of para-hydroxylation sites is 1. The highest BCUT2D eigenvalue weighted by Crippen LogP contribution is 2.17. The Kier molecular flexibility index (Phi) is 5.47. The molecule has 0 unspecified atom stereocenters. The van der Waals surface area contributed by atoms with Gasteiger partial charge in [0.25, 0.3) is 0 Å². The minimum Gasteiger partial charge on any atom is -0.507 e. The van der Waals surface area contributed by atoms with Gasteiger partial charge >= 0.3 is 0 Å². The summed E-state index contributed by atoms with van der Waals surface area (Å²) in [7, 11) is 0. The van der Waals surface area contributed by atoms with E-state index in [1.165, 1.54) is 0 Å². The number of aromatic hydroxyl groups is 1. The average molecular weight is 232 g/mol. The summed E-state index contributed by atoms with van der Waals surface area (Å²) in [6.45, 7) is 4.31. The maximum Gasteiger partial charge on any atom is 0.155 e. The molecule has 0 aliphatic heterocycles. The van der Waals surface area contributed by atoms with Crippen LogP contribution >= 0.6 is 0 Å². The highest BCUT2D eigenvalue weighted by Gasteiger charge is 2.00. The number of carbonyl (C=O) groups is 1. The van der Waals surface area contributed by atoms with E-state index in [4.69, 9.17) is 0 Å². The molecule has 1 N–H and O–H groups in total. The number of hydrogen-bond acceptors (Lipinski definition) is 2. The van der Waals surface area contributed by atoms with Crippen molar-refractivity contribution in [2.75, 3.05) is 0 Å². The van der Waals surface area contributed by atoms with Crippen molar-refractivity contribution >= 4 is 11.9 Å². The molecule has 0 fully saturated rings. The molecule has 0 saturated heterocycles. The Balaban J connectivity index is 2.43. The summed E-state index contributed by atoms with van der Waals surface area (Å²) in [6.07, 6.45) is 5.82. The molecular weight excluding hydrogens is 212 g/mol. The molecule has 0 heterocycles. The standard InChI is InChI=1S/C15H20O2/c1-12(2)6-5-8-14(16)11-10-13-7-3-4-9-15(13)17/h3-4,7,9-12,17H,5-6,8H2,1-2H3. The van der Waals surface area contributed by atoms with Gasteiger partial charge in [0.1, 0.15) is 5.75 Å². The normalized spacial score (nSPS) is 11.2. The van der Waals surface area contributed by atoms with Crippen LogP contribution in [0.2, 0.25) is 0 Å². The van der Waals surface area contributed by atoms with E-state index in [0.717, 1.165) is 12.8 Å². The first-order valence-corrected chi connectivity index (χ1v) is 6.08. The Morgan fingerprint density at radius 1 is 1.35 bits per heavy atom. The van der Waals surface area contributed by atoms with E-state index in [0.29, 0.717) is 17.9 Å². The monoisotopic (exact) mass is 232 g/mol. The van der Waals surface area contributed by atoms with Crippen LogP contribution in [0.5, 0.6) is 5.75 Å². The lowest BCUT2D eigenvalue weighted by atomic mass is 10.0. The fourth-order valence-corrected chi connectivity index (χ4v) is 1.58. The van der Waals surface area contributed by atoms with Crippen molar-refractivity contribution in [3.8, 4) is 5.75 Å². The summed E-state index contributed by atoms with van der Waals surface area (Å²) < 4.78 is 0. The summed E-state index contributed by atoms with van der Waals surface area (Å²) in [6, 6.07) is 7.00. The van der Waals surface area contributed by atoms with Crippen LogP contribution in [0.15, 0.2) is 30.3 Å². The Labute approximate surface area is 103 Å². The van der Waals surface area contributed by atoms with E-state index in [1.54, 1.807) is 30.4 Å². The molecule has 1 aromatic rings. The van der Waals surface area contributed by atoms with Crippen LogP contribution in [0, 0.1) is 5.92 Å². The number of rotatable bonds is 6. The van der Waals surface area contributed by atoms with Gasteiger partial charge in [-0.05, 0) is 30.6 Å². The van der Waals surface area contributed by atoms with Gasteiger partial charge in [-0.2, -0.15) is 0 Å². The lowest BCUT2D eigenvalue weighted by molar-refractivity contribution is -0.114. The molecule has 1 rings (SSSR count). The van der Waals surface area contributed by atoms with Crippen LogP contribution in [0.1, 0.15) is 38.7 Å². The zero-order chi connectivity index (χ0) is 12.7. The lowest BCUT2D eigenvalue weighted by Crippen LogP contribution is -1.94. The van der Waals surface area contributed by atoms with E-state index < -0.39 is 0 Å². The van der Waals surface area contributed by atoms with Crippen LogP contribution in [0.4, 0.5) is 0 Å². The van der Waals surface area contributed by atoms with Gasteiger partial charge in [0.15, 0.2) is 5.78 Å². The largest absolute Gasteiger partial charge is 0.507 e. The molecule has 92 valence electrons. The third-order valence-electron chi connectivity index (χ3n) is 2.59. The highest BCUT2D eigenvalue weighted by atomic mass is 16.3. The number of phenols is 1. The van der Waals surface area contributed by atoms with Crippen molar-refractivity contribution in [2.45, 2.75) is 33.1 Å². The summed E-state index contributed by atoms with van der Waals surface area (Å²) in [5.41, 5.74) is 0.685. The van der Waals surface area contributed by atoms with Crippen molar-refractivity contribution < 1.29 is 9.90 Å². The van der Waals surface area contributed by atoms with Crippen molar-refractivity contribution in [1.29, 1.82) is 0 Å². The van der Waals surface area contributed by atoms with Crippen molar-refractivity contribution in [3.05, 3.63) is 35.9 Å². The maximum atomic E-state index is 11.5. The molecule has 0 radical (unpaired) electrons. The summed E-state index contributed by atoms with van der Waals surface area (Å²) in [4.78, 5) is 11.5. The molecule has 0 saturated carbocycles. The smallest absolute Gasteiger partial charge is 0.155 e. The highest BCUT2D eigenvalue weighted by molar-refractivity contribution is 5.93. The molecule has 0 aliphatic rings. The van der Waals surface area contributed by atoms with E-state index in [1.807, 2.05) is 6.07 Å². The molecule has 0 aromatic heterocycles. The molecule has 17 heavy (non-hydrogen) atoms. The molecule has 2 nitrogen and oxygen atoms in total. The third kappa shape index (κ3) is 5.34. The second kappa shape index (κ2) is 6.89. The fraction of sp³-hybridized carbons (Fsp3) is 0.400. The average Bonchev–Trinajstić information content (AvgIpc) is 2.27. The van der Waals surface area contributed by atoms with Gasteiger partial charge < -0.3 is 5.11 Å². The van der Waals surface area contributed by atoms with Gasteiger partial charge in [-0.3, -0.25) is 4.79 Å². The van der Waals surface area contributed by atoms with Crippen molar-refractivity contribution in [2.24, 2.45) is 5.92 Å². The third-order valence-corrected chi connectivity index (χ3v) is 2.59. The Bertz CT molecular complexity index is 392. The van der Waals surface area contributed by atoms with E-state index in [-0.39, 0.29) is 11.5 Å². The number of phenolic OH excluding ortho intramolecular Hbond substituents is 1. The zero-order valence-corrected chi connectivity index (χ0v) is 10.5. The predicted octanol–water partition coefficient (Wildman–Crippen LogP) is 3.80. The number of carbonyl (C=O) groups excluding carboxylic acids is 1. The number of ketones is 1. The summed E-state index contributed by atoms with van der Waals surface area (Å²) in [5.74, 6) is 0.970. The molecule has 1 aromatic carbocycles. The second-order valence-corrected chi connectivity index (χ2v) is 4.64. The molecule has 0 aliphatic carbocycles. The topological polar surface area (TPSA) is 37.3 Å². The van der Waals surface area contributed by atoms with Crippen LogP contribution in [0.25, 0.3) is 6.08 Å². The minimum atomic E-state index is 0.119. The zero-order valence-electron chi connectivity index (χ0n) is 10.5. The molecular formula is C15H20O2. The number of benzene rings is 1. The second-order valence-electron chi connectivity index (χ2n) is 4.64. The molecule has 2 heteroatoms. The quantitative estimate of drug-likeness (QED) is 0.757. The van der Waals surface area contributed by atoms with Gasteiger partial charge in [0.05, 0.1) is 0 Å². The van der Waals surface area contributed by atoms with Gasteiger partial charge in [0, 0.05) is 12.0 Å². The molecule has 0 bridgehead atoms. The molecule has 0 amide bonds. The Hall–Kier alpha value is -1.57. The maximum absolute atomic E-state index is 11.5. The first-order valence-electron chi connectivity index (χ1n) is 6.08. The van der Waals surface area contributed by atoms with Gasteiger partial charge in [-0.25, -0.2) is 0 Å². The van der Waals surface area contributed by atoms with Crippen LogP contribution < -0.4 is 0 Å². The predicted molar refractivity (Wildman–Crippen MR) is 70.8 cm³/mol. The van der Waals surface area contributed by atoms with Crippen molar-refractivity contribution in [1.82, 2.24) is 0 Å². The van der Waals surface area contributed by atoms with E-state index in [2.05, 4.69) is 13.8 Å². The van der Waals surface area contributed by atoms with Crippen LogP contribution in [0.3, 0.4) is 0 Å². The number of hydrogen-bond donors (Lipinski definition) is 1. The first kappa shape index (κ1) is 13.5. The summed E-state index contributed by atoms with van der Waals surface area (Å²) in [5, 5.41) is 9.51. The SMILES string of the molecule is CC(C)CCCC(=O)C=Cc1ccccc1O. The first-order chi connectivity index (χ1) is 8.09. The number of allylic oxidation sites excluding steroid dienone is 1. The molecule has 0 spiro atoms. The van der Waals surface area contributed by atoms with E-state index >= 15 is 0 Å². The lowest BCUT2D eigenvalue weighted by Gasteiger charge is -2.01. The van der Waals surface area contributed by atoms with E-state index in [9.17, 15) is 9.90 Å². The van der Waals surface area contributed by atoms with Gasteiger partial charge in [0.2, 0.25) is 0 Å². The Morgan fingerprint density at radius 3 is 2.71 bits per heavy atom. The van der Waals surface area contributed by atoms with Crippen LogP contribution in [-0.4, -0.2) is 10.9 Å². The fourth-order valence-electron chi connectivity index (χ4n) is 1.58. The van der Waals surface area contributed by atoms with Crippen LogP contribution in [-0.2, 0) is 4.79 Å². The molecule has 0 atom stereocenters. The minimum absolute atomic E-state index is 0.119. The summed E-state index contributed by atoms with van der Waals surface area (Å²) >= 11 is 0. The van der Waals surface area contributed by atoms with Gasteiger partial charge in [-0.1, -0.05) is 38.5 Å². The Morgan fingerprint density at radius 2 is 2.06 bits per heavy atom. The van der Waals surface area contributed by atoms with Gasteiger partial charge in [-0.15, -0.1) is 0 Å².